The van der Waals surface area contributed by atoms with Crippen LogP contribution in [-0.2, 0) is 6.54 Å². The minimum absolute atomic E-state index is 0.0223. The van der Waals surface area contributed by atoms with Crippen LogP contribution in [0.1, 0.15) is 0 Å². The van der Waals surface area contributed by atoms with Crippen molar-refractivity contribution in [2.75, 3.05) is 5.32 Å². The van der Waals surface area contributed by atoms with Crippen LogP contribution in [0.5, 0.6) is 0 Å². The Morgan fingerprint density at radius 2 is 2.00 bits per heavy atom. The quantitative estimate of drug-likeness (QED) is 0.911. The molecule has 0 saturated heterocycles. The Bertz CT molecular complexity index is 553. The van der Waals surface area contributed by atoms with Crippen LogP contribution >= 0.6 is 23.2 Å². The van der Waals surface area contributed by atoms with Crippen molar-refractivity contribution in [1.29, 1.82) is 5.26 Å². The first kappa shape index (κ1) is 11.6. The van der Waals surface area contributed by atoms with Gasteiger partial charge in [-0.3, -0.25) is 5.32 Å². The van der Waals surface area contributed by atoms with E-state index < -0.39 is 0 Å². The Morgan fingerprint density at radius 1 is 1.29 bits per heavy atom. The molecule has 0 aliphatic heterocycles. The van der Waals surface area contributed by atoms with Crippen molar-refractivity contribution in [2.45, 2.75) is 6.54 Å². The maximum atomic E-state index is 8.61. The summed E-state index contributed by atoms with van der Waals surface area (Å²) < 4.78 is 1.59. The Labute approximate surface area is 106 Å². The van der Waals surface area contributed by atoms with Crippen LogP contribution in [0.15, 0.2) is 12.4 Å². The molecule has 0 radical (unpaired) electrons. The van der Waals surface area contributed by atoms with Crippen LogP contribution in [0.3, 0.4) is 0 Å². The summed E-state index contributed by atoms with van der Waals surface area (Å²) in [5.74, 6) is 0.588. The molecular formula is C8H5Cl2N7. The van der Waals surface area contributed by atoms with Gasteiger partial charge in [0.15, 0.2) is 0 Å². The van der Waals surface area contributed by atoms with Crippen LogP contribution in [0, 0.1) is 11.3 Å². The Balaban J connectivity index is 2.25. The number of rotatable bonds is 3. The number of nitrogens with zero attached hydrogens (tertiary/aromatic N) is 6. The molecule has 0 atom stereocenters. The fourth-order valence-electron chi connectivity index (χ4n) is 1.12. The van der Waals surface area contributed by atoms with E-state index in [2.05, 4.69) is 25.3 Å². The second-order valence-electron chi connectivity index (χ2n) is 2.86. The van der Waals surface area contributed by atoms with Gasteiger partial charge in [-0.05, 0) is 23.2 Å². The standard InChI is InChI=1S/C8H5Cl2N7/c9-5-13-6(10)15-7(14-5)16-8-12-2-4-17(8)3-1-11/h2,4H,3H2,(H,12,13,14,15,16). The van der Waals surface area contributed by atoms with Gasteiger partial charge in [0, 0.05) is 12.4 Å². The second kappa shape index (κ2) is 4.95. The predicted octanol–water partition coefficient (Wildman–Crippen LogP) is 1.64. The van der Waals surface area contributed by atoms with Gasteiger partial charge in [0.2, 0.25) is 22.5 Å². The van der Waals surface area contributed by atoms with E-state index in [1.165, 1.54) is 0 Å². The summed E-state index contributed by atoms with van der Waals surface area (Å²) >= 11 is 11.3. The van der Waals surface area contributed by atoms with Crippen LogP contribution < -0.4 is 5.32 Å². The lowest BCUT2D eigenvalue weighted by atomic mass is 10.7. The summed E-state index contributed by atoms with van der Waals surface area (Å²) in [6.45, 7) is 0.162. The number of hydrogen-bond acceptors (Lipinski definition) is 6. The highest BCUT2D eigenvalue weighted by Gasteiger charge is 2.07. The maximum Gasteiger partial charge on any atom is 0.235 e. The van der Waals surface area contributed by atoms with Gasteiger partial charge in [-0.15, -0.1) is 0 Å². The Kier molecular flexibility index (Phi) is 3.37. The zero-order valence-corrected chi connectivity index (χ0v) is 9.81. The SMILES string of the molecule is N#CCn1ccnc1Nc1nc(Cl)nc(Cl)n1. The number of imidazole rings is 1. The molecule has 1 N–H and O–H groups in total. The first-order chi connectivity index (χ1) is 8.19. The summed E-state index contributed by atoms with van der Waals surface area (Å²) in [7, 11) is 0. The van der Waals surface area contributed by atoms with E-state index in [4.69, 9.17) is 28.5 Å². The average molecular weight is 270 g/mol. The second-order valence-corrected chi connectivity index (χ2v) is 3.54. The molecule has 0 spiro atoms. The highest BCUT2D eigenvalue weighted by Crippen LogP contribution is 2.14. The van der Waals surface area contributed by atoms with Gasteiger partial charge in [-0.1, -0.05) is 0 Å². The molecule has 2 aromatic heterocycles. The molecular weight excluding hydrogens is 265 g/mol. The molecule has 2 heterocycles. The highest BCUT2D eigenvalue weighted by atomic mass is 35.5. The van der Waals surface area contributed by atoms with Crippen molar-refractivity contribution in [1.82, 2.24) is 24.5 Å². The monoisotopic (exact) mass is 269 g/mol. The highest BCUT2D eigenvalue weighted by molar-refractivity contribution is 6.31. The topological polar surface area (TPSA) is 92.3 Å². The molecule has 0 saturated carbocycles. The van der Waals surface area contributed by atoms with E-state index in [1.807, 2.05) is 6.07 Å². The van der Waals surface area contributed by atoms with Gasteiger partial charge in [-0.2, -0.15) is 20.2 Å². The Hall–Kier alpha value is -1.91. The van der Waals surface area contributed by atoms with Crippen LogP contribution in [-0.4, -0.2) is 24.5 Å². The summed E-state index contributed by atoms with van der Waals surface area (Å²) in [4.78, 5) is 15.3. The van der Waals surface area contributed by atoms with Crippen molar-refractivity contribution >= 4 is 35.1 Å². The van der Waals surface area contributed by atoms with Gasteiger partial charge in [0.25, 0.3) is 0 Å². The minimum Gasteiger partial charge on any atom is -0.303 e. The number of nitrogens with one attached hydrogen (secondary N) is 1. The van der Waals surface area contributed by atoms with Crippen LogP contribution in [0.25, 0.3) is 0 Å². The molecule has 0 fully saturated rings. The maximum absolute atomic E-state index is 8.61. The molecule has 17 heavy (non-hydrogen) atoms. The zero-order chi connectivity index (χ0) is 12.3. The van der Waals surface area contributed by atoms with E-state index in [0.29, 0.717) is 5.95 Å². The first-order valence-electron chi connectivity index (χ1n) is 4.41. The van der Waals surface area contributed by atoms with Crippen molar-refractivity contribution < 1.29 is 0 Å². The lowest BCUT2D eigenvalue weighted by Gasteiger charge is -2.05. The summed E-state index contributed by atoms with van der Waals surface area (Å²) in [6.07, 6.45) is 3.19. The lowest BCUT2D eigenvalue weighted by molar-refractivity contribution is 0.837. The van der Waals surface area contributed by atoms with Gasteiger partial charge in [0.05, 0.1) is 6.07 Å². The van der Waals surface area contributed by atoms with Crippen molar-refractivity contribution in [3.8, 4) is 6.07 Å². The summed E-state index contributed by atoms with van der Waals surface area (Å²) in [5, 5.41) is 11.4. The minimum atomic E-state index is -0.0223. The van der Waals surface area contributed by atoms with E-state index >= 15 is 0 Å². The molecule has 7 nitrogen and oxygen atoms in total. The van der Waals surface area contributed by atoms with Crippen LogP contribution in [0.4, 0.5) is 11.9 Å². The molecule has 0 unspecified atom stereocenters. The summed E-state index contributed by atoms with van der Waals surface area (Å²) in [5.41, 5.74) is 0. The smallest absolute Gasteiger partial charge is 0.235 e. The average Bonchev–Trinajstić information content (AvgIpc) is 2.65. The van der Waals surface area contributed by atoms with Gasteiger partial charge < -0.3 is 4.57 Å². The third-order valence-electron chi connectivity index (χ3n) is 1.76. The molecule has 9 heteroatoms. The third-order valence-corrected chi connectivity index (χ3v) is 2.10. The number of aromatic nitrogens is 5. The number of anilines is 2. The van der Waals surface area contributed by atoms with Gasteiger partial charge >= 0.3 is 0 Å². The molecule has 2 rings (SSSR count). The molecule has 0 bridgehead atoms. The molecule has 86 valence electrons. The van der Waals surface area contributed by atoms with E-state index in [9.17, 15) is 0 Å². The lowest BCUT2D eigenvalue weighted by Crippen LogP contribution is -2.05. The molecule has 2 aromatic rings. The van der Waals surface area contributed by atoms with Crippen molar-refractivity contribution in [2.24, 2.45) is 0 Å². The van der Waals surface area contributed by atoms with Crippen molar-refractivity contribution in [3.05, 3.63) is 23.0 Å². The van der Waals surface area contributed by atoms with E-state index in [-0.39, 0.29) is 23.1 Å². The summed E-state index contributed by atoms with van der Waals surface area (Å²) in [6, 6.07) is 2.00. The Morgan fingerprint density at radius 3 is 2.65 bits per heavy atom. The van der Waals surface area contributed by atoms with E-state index in [0.717, 1.165) is 0 Å². The van der Waals surface area contributed by atoms with Crippen molar-refractivity contribution in [3.63, 3.8) is 0 Å². The molecule has 0 aliphatic carbocycles. The molecule has 0 aromatic carbocycles. The fraction of sp³-hybridized carbons (Fsp3) is 0.125. The number of halogens is 2. The first-order valence-corrected chi connectivity index (χ1v) is 5.17. The van der Waals surface area contributed by atoms with Gasteiger partial charge in [-0.25, -0.2) is 4.98 Å². The third kappa shape index (κ3) is 2.81. The normalized spacial score (nSPS) is 9.94. The molecule has 0 aliphatic rings. The van der Waals surface area contributed by atoms with E-state index in [1.54, 1.807) is 17.0 Å². The van der Waals surface area contributed by atoms with Crippen LogP contribution in [0.2, 0.25) is 10.6 Å². The number of nitriles is 1. The van der Waals surface area contributed by atoms with Gasteiger partial charge in [0.1, 0.15) is 6.54 Å². The molecule has 0 amide bonds. The fourth-order valence-corrected chi connectivity index (χ4v) is 1.48. The predicted molar refractivity (Wildman–Crippen MR) is 61.0 cm³/mol. The largest absolute Gasteiger partial charge is 0.303 e. The zero-order valence-electron chi connectivity index (χ0n) is 8.30. The number of hydrogen-bond donors (Lipinski definition) is 1.